The molecular weight excluding hydrogens is 416 g/mol. The van der Waals surface area contributed by atoms with Crippen molar-refractivity contribution in [1.82, 2.24) is 5.32 Å². The lowest BCUT2D eigenvalue weighted by Crippen LogP contribution is -2.34. The maximum absolute atomic E-state index is 9.40. The summed E-state index contributed by atoms with van der Waals surface area (Å²) in [5.74, 6) is 1.60. The van der Waals surface area contributed by atoms with Crippen LogP contribution in [0.3, 0.4) is 0 Å². The number of fused-ring (bicyclic) bond motifs is 1. The zero-order chi connectivity index (χ0) is 23.5. The second kappa shape index (κ2) is 18.8. The molecule has 8 heteroatoms. The number of phenolic OH excluding ortho intramolecular Hbond substituents is 1. The smallest absolute Gasteiger partial charge is 0.178 e. The van der Waals surface area contributed by atoms with Gasteiger partial charge < -0.3 is 30.9 Å². The molecule has 0 aliphatic carbocycles. The third-order valence-electron chi connectivity index (χ3n) is 4.22. The number of phenols is 1. The van der Waals surface area contributed by atoms with Crippen LogP contribution in [0.4, 0.5) is 0 Å². The summed E-state index contributed by atoms with van der Waals surface area (Å²) in [6, 6.07) is 12.2. The zero-order valence-electron chi connectivity index (χ0n) is 18.8. The monoisotopic (exact) mass is 454 g/mol. The Bertz CT molecular complexity index is 703. The van der Waals surface area contributed by atoms with Crippen molar-refractivity contribution in [3.63, 3.8) is 0 Å². The molecule has 1 atom stereocenters. The molecule has 0 fully saturated rings. The SMILES string of the molecule is CC.CO.NCCCCNC[C@H]1CCc2cc(O)ccc2O1.OOc1ccccc1S. The lowest BCUT2D eigenvalue weighted by molar-refractivity contribution is -0.140. The molecule has 176 valence electrons. The van der Waals surface area contributed by atoms with Crippen LogP contribution >= 0.6 is 12.6 Å². The Hall–Kier alpha value is -1.97. The minimum Gasteiger partial charge on any atom is -0.508 e. The van der Waals surface area contributed by atoms with E-state index in [-0.39, 0.29) is 6.10 Å². The van der Waals surface area contributed by atoms with Gasteiger partial charge in [-0.05, 0) is 74.7 Å². The normalized spacial score (nSPS) is 13.6. The number of nitrogens with one attached hydrogen (secondary N) is 1. The molecular formula is C23H38N2O5S. The minimum absolute atomic E-state index is 0.236. The molecule has 1 aliphatic heterocycles. The van der Waals surface area contributed by atoms with Crippen molar-refractivity contribution in [2.45, 2.75) is 50.5 Å². The topological polar surface area (TPSA) is 117 Å². The van der Waals surface area contributed by atoms with Gasteiger partial charge in [0.1, 0.15) is 17.6 Å². The number of ether oxygens (including phenoxy) is 1. The second-order valence-electron chi connectivity index (χ2n) is 6.33. The predicted octanol–water partition coefficient (Wildman–Crippen LogP) is 3.88. The molecule has 3 rings (SSSR count). The molecule has 0 bridgehead atoms. The van der Waals surface area contributed by atoms with Gasteiger partial charge in [0.15, 0.2) is 5.75 Å². The summed E-state index contributed by atoms with van der Waals surface area (Å²) in [7, 11) is 1.00. The summed E-state index contributed by atoms with van der Waals surface area (Å²) < 4.78 is 5.90. The number of unbranched alkanes of at least 4 members (excludes halogenated alkanes) is 1. The van der Waals surface area contributed by atoms with E-state index in [1.807, 2.05) is 26.0 Å². The van der Waals surface area contributed by atoms with Gasteiger partial charge in [0.05, 0.1) is 4.90 Å². The van der Waals surface area contributed by atoms with Crippen LogP contribution in [0.15, 0.2) is 47.4 Å². The van der Waals surface area contributed by atoms with Crippen LogP contribution in [0.25, 0.3) is 0 Å². The number of aryl methyl sites for hydroxylation is 1. The Balaban J connectivity index is 0.000000582. The molecule has 0 saturated heterocycles. The van der Waals surface area contributed by atoms with Crippen LogP contribution in [0.2, 0.25) is 0 Å². The van der Waals surface area contributed by atoms with Gasteiger partial charge >= 0.3 is 0 Å². The number of hydrogen-bond acceptors (Lipinski definition) is 8. The van der Waals surface area contributed by atoms with Gasteiger partial charge in [-0.2, -0.15) is 0 Å². The first-order valence-electron chi connectivity index (χ1n) is 10.6. The zero-order valence-corrected chi connectivity index (χ0v) is 19.6. The molecule has 0 spiro atoms. The summed E-state index contributed by atoms with van der Waals surface area (Å²) in [4.78, 5) is 4.59. The van der Waals surface area contributed by atoms with Crippen molar-refractivity contribution < 1.29 is 25.1 Å². The van der Waals surface area contributed by atoms with E-state index in [1.165, 1.54) is 0 Å². The van der Waals surface area contributed by atoms with E-state index >= 15 is 0 Å². The fraction of sp³-hybridized carbons (Fsp3) is 0.478. The molecule has 0 saturated carbocycles. The maximum atomic E-state index is 9.40. The number of hydrogen-bond donors (Lipinski definition) is 6. The second-order valence-corrected chi connectivity index (χ2v) is 6.81. The van der Waals surface area contributed by atoms with Crippen molar-refractivity contribution in [2.75, 3.05) is 26.7 Å². The number of benzene rings is 2. The molecule has 0 amide bonds. The average Bonchev–Trinajstić information content (AvgIpc) is 2.82. The van der Waals surface area contributed by atoms with E-state index in [1.54, 1.807) is 30.3 Å². The van der Waals surface area contributed by atoms with Gasteiger partial charge in [-0.3, -0.25) is 0 Å². The van der Waals surface area contributed by atoms with Crippen LogP contribution in [0, 0.1) is 0 Å². The molecule has 0 aromatic heterocycles. The van der Waals surface area contributed by atoms with Gasteiger partial charge in [0.25, 0.3) is 0 Å². The van der Waals surface area contributed by atoms with Gasteiger partial charge in [-0.1, -0.05) is 26.0 Å². The van der Waals surface area contributed by atoms with Crippen LogP contribution in [-0.2, 0) is 6.42 Å². The summed E-state index contributed by atoms with van der Waals surface area (Å²) in [6.45, 7) is 6.64. The fourth-order valence-electron chi connectivity index (χ4n) is 2.77. The molecule has 2 aromatic rings. The lowest BCUT2D eigenvalue weighted by atomic mass is 10.0. The molecule has 2 aromatic carbocycles. The van der Waals surface area contributed by atoms with Crippen LogP contribution < -0.4 is 20.7 Å². The molecule has 1 heterocycles. The predicted molar refractivity (Wildman–Crippen MR) is 128 cm³/mol. The van der Waals surface area contributed by atoms with Gasteiger partial charge in [-0.25, -0.2) is 5.26 Å². The molecule has 1 aliphatic rings. The van der Waals surface area contributed by atoms with E-state index in [2.05, 4.69) is 22.8 Å². The first kappa shape index (κ1) is 29.0. The summed E-state index contributed by atoms with van der Waals surface area (Å²) in [5, 5.41) is 28.0. The van der Waals surface area contributed by atoms with Crippen molar-refractivity contribution in [2.24, 2.45) is 5.73 Å². The Labute approximate surface area is 191 Å². The van der Waals surface area contributed by atoms with E-state index in [0.717, 1.165) is 63.7 Å². The van der Waals surface area contributed by atoms with Crippen LogP contribution in [0.5, 0.6) is 17.2 Å². The van der Waals surface area contributed by atoms with Gasteiger partial charge in [0.2, 0.25) is 0 Å². The molecule has 0 unspecified atom stereocenters. The summed E-state index contributed by atoms with van der Waals surface area (Å²) >= 11 is 3.99. The summed E-state index contributed by atoms with van der Waals surface area (Å²) in [6.07, 6.45) is 4.40. The molecule has 0 radical (unpaired) electrons. The molecule has 7 nitrogen and oxygen atoms in total. The van der Waals surface area contributed by atoms with Crippen molar-refractivity contribution >= 4 is 12.6 Å². The highest BCUT2D eigenvalue weighted by molar-refractivity contribution is 7.80. The van der Waals surface area contributed by atoms with Crippen LogP contribution in [-0.4, -0.2) is 48.3 Å². The summed E-state index contributed by atoms with van der Waals surface area (Å²) in [5.41, 5.74) is 6.55. The highest BCUT2D eigenvalue weighted by Crippen LogP contribution is 2.30. The number of thiol groups is 1. The third-order valence-corrected chi connectivity index (χ3v) is 4.59. The Morgan fingerprint density at radius 3 is 2.48 bits per heavy atom. The lowest BCUT2D eigenvalue weighted by Gasteiger charge is -2.26. The Morgan fingerprint density at radius 1 is 1.16 bits per heavy atom. The van der Waals surface area contributed by atoms with E-state index in [0.29, 0.717) is 16.4 Å². The number of aliphatic hydroxyl groups excluding tert-OH is 1. The Kier molecular flexibility index (Phi) is 17.6. The highest BCUT2D eigenvalue weighted by Gasteiger charge is 2.19. The maximum Gasteiger partial charge on any atom is 0.178 e. The first-order chi connectivity index (χ1) is 15.1. The third kappa shape index (κ3) is 11.9. The van der Waals surface area contributed by atoms with Gasteiger partial charge in [-0.15, -0.1) is 12.6 Å². The average molecular weight is 455 g/mol. The number of rotatable bonds is 7. The number of aliphatic hydroxyl groups is 1. The standard InChI is InChI=1S/C14H22N2O2.C6H6O2S.C2H6.CH4O/c15-7-1-2-8-16-10-13-5-3-11-9-12(17)4-6-14(11)18-13;7-8-5-3-1-2-4-6(5)9;2*1-2/h4,6,9,13,16-17H,1-3,5,7-8,10,15H2;1-4,7,9H;1-2H3;2H,1H3/t13-;;;/m1.../s1. The fourth-order valence-corrected chi connectivity index (χ4v) is 2.97. The van der Waals surface area contributed by atoms with Crippen LogP contribution in [0.1, 0.15) is 38.7 Å². The number of para-hydroxylation sites is 1. The molecule has 6 N–H and O–H groups in total. The van der Waals surface area contributed by atoms with Gasteiger partial charge in [0, 0.05) is 13.7 Å². The van der Waals surface area contributed by atoms with Crippen molar-refractivity contribution in [3.8, 4) is 17.2 Å². The van der Waals surface area contributed by atoms with E-state index in [4.69, 9.17) is 20.8 Å². The van der Waals surface area contributed by atoms with E-state index in [9.17, 15) is 5.11 Å². The Morgan fingerprint density at radius 2 is 1.87 bits per heavy atom. The number of aromatic hydroxyl groups is 1. The molecule has 31 heavy (non-hydrogen) atoms. The largest absolute Gasteiger partial charge is 0.508 e. The minimum atomic E-state index is 0.236. The first-order valence-corrected chi connectivity index (χ1v) is 11.0. The van der Waals surface area contributed by atoms with E-state index < -0.39 is 0 Å². The number of nitrogens with two attached hydrogens (primary N) is 1. The van der Waals surface area contributed by atoms with Crippen molar-refractivity contribution in [1.29, 1.82) is 0 Å². The van der Waals surface area contributed by atoms with Crippen molar-refractivity contribution in [3.05, 3.63) is 48.0 Å². The highest BCUT2D eigenvalue weighted by atomic mass is 32.1. The quantitative estimate of drug-likeness (QED) is 0.163.